The van der Waals surface area contributed by atoms with Crippen molar-refractivity contribution >= 4 is 23.0 Å². The van der Waals surface area contributed by atoms with E-state index >= 15 is 0 Å². The molecule has 0 unspecified atom stereocenters. The van der Waals surface area contributed by atoms with Crippen molar-refractivity contribution in [3.05, 3.63) is 57.6 Å². The van der Waals surface area contributed by atoms with E-state index in [0.29, 0.717) is 28.9 Å². The van der Waals surface area contributed by atoms with Crippen molar-refractivity contribution in [3.8, 4) is 17.2 Å². The quantitative estimate of drug-likeness (QED) is 0.410. The van der Waals surface area contributed by atoms with Gasteiger partial charge in [0.25, 0.3) is 5.69 Å². The van der Waals surface area contributed by atoms with Crippen LogP contribution in [0, 0.1) is 16.0 Å². The minimum atomic E-state index is -0.674. The van der Waals surface area contributed by atoms with Gasteiger partial charge in [-0.25, -0.2) is 0 Å². The average molecular weight is 444 g/mol. The number of nitro groups is 1. The van der Waals surface area contributed by atoms with E-state index in [9.17, 15) is 10.1 Å². The third kappa shape index (κ3) is 3.52. The van der Waals surface area contributed by atoms with Gasteiger partial charge in [-0.15, -0.1) is 0 Å². The first-order valence-corrected chi connectivity index (χ1v) is 10.5. The molecule has 0 spiro atoms. The van der Waals surface area contributed by atoms with Crippen molar-refractivity contribution in [2.45, 2.75) is 32.0 Å². The Morgan fingerprint density at radius 3 is 2.65 bits per heavy atom. The molecule has 2 aromatic rings. The lowest BCUT2D eigenvalue weighted by Gasteiger charge is -2.56. The molecule has 1 N–H and O–H groups in total. The van der Waals surface area contributed by atoms with Gasteiger partial charge < -0.3 is 24.4 Å². The normalized spacial score (nSPS) is 24.0. The minimum Gasteiger partial charge on any atom is -0.493 e. The third-order valence-corrected chi connectivity index (χ3v) is 6.67. The van der Waals surface area contributed by atoms with Crippen LogP contribution < -0.4 is 19.5 Å². The van der Waals surface area contributed by atoms with Crippen LogP contribution in [0.15, 0.2) is 36.4 Å². The summed E-state index contributed by atoms with van der Waals surface area (Å²) in [4.78, 5) is 12.9. The number of non-ortho nitro benzene ring substituents is 1. The molecular weight excluding hydrogens is 418 g/mol. The lowest BCUT2D eigenvalue weighted by Crippen LogP contribution is -2.69. The number of nitro benzene ring substituents is 1. The SMILES string of the molecule is COc1ccc(CCN2C(=S)N[C@H]3c4cc([N+](=O)[O-])ccc4O[C@@]2(C)[C@@H]3C)cc1OC. The summed E-state index contributed by atoms with van der Waals surface area (Å²) in [6.45, 7) is 4.73. The summed E-state index contributed by atoms with van der Waals surface area (Å²) in [6.07, 6.45) is 0.728. The smallest absolute Gasteiger partial charge is 0.270 e. The Morgan fingerprint density at radius 2 is 1.97 bits per heavy atom. The Labute approximate surface area is 186 Å². The van der Waals surface area contributed by atoms with Crippen LogP contribution in [0.5, 0.6) is 17.2 Å². The zero-order valence-corrected chi connectivity index (χ0v) is 18.7. The molecule has 2 aliphatic heterocycles. The highest BCUT2D eigenvalue weighted by atomic mass is 32.1. The van der Waals surface area contributed by atoms with Gasteiger partial charge >= 0.3 is 0 Å². The second kappa shape index (κ2) is 7.88. The Morgan fingerprint density at radius 1 is 1.23 bits per heavy atom. The van der Waals surface area contributed by atoms with Crippen molar-refractivity contribution in [1.82, 2.24) is 10.2 Å². The molecule has 0 radical (unpaired) electrons. The van der Waals surface area contributed by atoms with E-state index in [-0.39, 0.29) is 17.6 Å². The van der Waals surface area contributed by atoms with Crippen LogP contribution in [0.25, 0.3) is 0 Å². The number of fused-ring (bicyclic) bond motifs is 4. The summed E-state index contributed by atoms with van der Waals surface area (Å²) in [6, 6.07) is 10.4. The van der Waals surface area contributed by atoms with E-state index in [0.717, 1.165) is 17.5 Å². The zero-order valence-electron chi connectivity index (χ0n) is 17.9. The number of hydrogen-bond acceptors (Lipinski definition) is 6. The Kier molecular flexibility index (Phi) is 5.38. The van der Waals surface area contributed by atoms with Crippen molar-refractivity contribution in [2.75, 3.05) is 20.8 Å². The number of methoxy groups -OCH3 is 2. The van der Waals surface area contributed by atoms with Crippen LogP contribution in [0.1, 0.15) is 31.0 Å². The predicted molar refractivity (Wildman–Crippen MR) is 120 cm³/mol. The van der Waals surface area contributed by atoms with E-state index < -0.39 is 10.6 Å². The van der Waals surface area contributed by atoms with Crippen molar-refractivity contribution < 1.29 is 19.1 Å². The monoisotopic (exact) mass is 443 g/mol. The van der Waals surface area contributed by atoms with Crippen molar-refractivity contribution in [2.24, 2.45) is 5.92 Å². The maximum absolute atomic E-state index is 11.2. The van der Waals surface area contributed by atoms with Crippen LogP contribution in [0.3, 0.4) is 0 Å². The molecular formula is C22H25N3O5S. The molecule has 4 rings (SSSR count). The average Bonchev–Trinajstić information content (AvgIpc) is 2.75. The molecule has 8 nitrogen and oxygen atoms in total. The molecule has 164 valence electrons. The molecule has 2 heterocycles. The molecule has 3 atom stereocenters. The molecule has 0 amide bonds. The van der Waals surface area contributed by atoms with Crippen molar-refractivity contribution in [1.29, 1.82) is 0 Å². The van der Waals surface area contributed by atoms with Gasteiger partial charge in [0.15, 0.2) is 22.3 Å². The van der Waals surface area contributed by atoms with E-state index in [4.69, 9.17) is 26.4 Å². The fraction of sp³-hybridized carbons (Fsp3) is 0.409. The summed E-state index contributed by atoms with van der Waals surface area (Å²) in [5, 5.41) is 15.2. The molecule has 9 heteroatoms. The first kappa shape index (κ1) is 21.2. The highest BCUT2D eigenvalue weighted by molar-refractivity contribution is 7.80. The van der Waals surface area contributed by atoms with E-state index in [1.54, 1.807) is 26.4 Å². The fourth-order valence-electron chi connectivity index (χ4n) is 4.40. The topological polar surface area (TPSA) is 86.1 Å². The summed E-state index contributed by atoms with van der Waals surface area (Å²) in [5.41, 5.74) is 1.22. The second-order valence-corrected chi connectivity index (χ2v) is 8.33. The van der Waals surface area contributed by atoms with E-state index in [1.807, 2.05) is 25.1 Å². The predicted octanol–water partition coefficient (Wildman–Crippen LogP) is 3.83. The number of hydrogen-bond donors (Lipinski definition) is 1. The first-order chi connectivity index (χ1) is 14.8. The fourth-order valence-corrected chi connectivity index (χ4v) is 4.80. The van der Waals surface area contributed by atoms with Gasteiger partial charge in [-0.3, -0.25) is 10.1 Å². The summed E-state index contributed by atoms with van der Waals surface area (Å²) >= 11 is 5.68. The molecule has 2 bridgehead atoms. The lowest BCUT2D eigenvalue weighted by molar-refractivity contribution is -0.385. The van der Waals surface area contributed by atoms with Crippen LogP contribution in [0.2, 0.25) is 0 Å². The molecule has 0 aromatic heterocycles. The molecule has 0 saturated carbocycles. The highest BCUT2D eigenvalue weighted by Crippen LogP contribution is 2.48. The van der Waals surface area contributed by atoms with Crippen molar-refractivity contribution in [3.63, 3.8) is 0 Å². The standard InChI is InChI=1S/C22H25N3O5S/c1-13-20-16-12-15(25(26)27)6-8-17(16)30-22(13,2)24(21(31)23-20)10-9-14-5-7-18(28-3)19(11-14)29-4/h5-8,11-13,20H,9-10H2,1-4H3,(H,23,31)/t13-,20-,22+/m1/s1. The molecule has 2 aromatic carbocycles. The zero-order chi connectivity index (χ0) is 22.3. The van der Waals surface area contributed by atoms with Gasteiger partial charge in [0, 0.05) is 30.2 Å². The van der Waals surface area contributed by atoms with Gasteiger partial charge in [-0.05, 0) is 49.3 Å². The number of rotatable bonds is 6. The third-order valence-electron chi connectivity index (χ3n) is 6.33. The summed E-state index contributed by atoms with van der Waals surface area (Å²) in [5.74, 6) is 2.02. The van der Waals surface area contributed by atoms with Crippen LogP contribution in [0.4, 0.5) is 5.69 Å². The maximum atomic E-state index is 11.2. The second-order valence-electron chi connectivity index (χ2n) is 7.94. The largest absolute Gasteiger partial charge is 0.493 e. The molecule has 1 saturated heterocycles. The Hall–Kier alpha value is -3.07. The van der Waals surface area contributed by atoms with E-state index in [1.165, 1.54) is 6.07 Å². The summed E-state index contributed by atoms with van der Waals surface area (Å²) < 4.78 is 17.1. The maximum Gasteiger partial charge on any atom is 0.270 e. The number of thiocarbonyl (C=S) groups is 1. The number of ether oxygens (including phenoxy) is 3. The molecule has 2 aliphatic rings. The number of nitrogens with zero attached hydrogens (tertiary/aromatic N) is 2. The molecule has 1 fully saturated rings. The first-order valence-electron chi connectivity index (χ1n) is 10.0. The highest BCUT2D eigenvalue weighted by Gasteiger charge is 2.53. The summed E-state index contributed by atoms with van der Waals surface area (Å²) in [7, 11) is 3.23. The minimum absolute atomic E-state index is 0.0131. The Bertz CT molecular complexity index is 1050. The lowest BCUT2D eigenvalue weighted by atomic mass is 9.80. The van der Waals surface area contributed by atoms with Crippen LogP contribution in [-0.2, 0) is 6.42 Å². The number of nitrogens with one attached hydrogen (secondary N) is 1. The van der Waals surface area contributed by atoms with E-state index in [2.05, 4.69) is 17.1 Å². The van der Waals surface area contributed by atoms with Crippen LogP contribution in [-0.4, -0.2) is 41.4 Å². The molecule has 31 heavy (non-hydrogen) atoms. The van der Waals surface area contributed by atoms with Crippen LogP contribution >= 0.6 is 12.2 Å². The van der Waals surface area contributed by atoms with Gasteiger partial charge in [0.2, 0.25) is 0 Å². The van der Waals surface area contributed by atoms with Gasteiger partial charge in [-0.2, -0.15) is 0 Å². The van der Waals surface area contributed by atoms with Gasteiger partial charge in [0.05, 0.1) is 25.2 Å². The van der Waals surface area contributed by atoms with Gasteiger partial charge in [0.1, 0.15) is 5.75 Å². The Balaban J connectivity index is 1.60. The number of benzene rings is 2. The van der Waals surface area contributed by atoms with Gasteiger partial charge in [-0.1, -0.05) is 13.0 Å². The molecule has 0 aliphatic carbocycles.